The first-order chi connectivity index (χ1) is 39.1. The molecule has 1 unspecified atom stereocenters. The Morgan fingerprint density at radius 1 is 0.855 bits per heavy atom. The topological polar surface area (TPSA) is 246 Å². The van der Waals surface area contributed by atoms with Gasteiger partial charge in [0.25, 0.3) is 0 Å². The van der Waals surface area contributed by atoms with Gasteiger partial charge in [-0.05, 0) is 115 Å². The summed E-state index contributed by atoms with van der Waals surface area (Å²) in [6.07, 6.45) is 14.3. The number of aliphatic hydroxyl groups excluding tert-OH is 1. The second kappa shape index (κ2) is 29.4. The van der Waals surface area contributed by atoms with Crippen molar-refractivity contribution in [1.82, 2.24) is 5.32 Å². The van der Waals surface area contributed by atoms with E-state index in [9.17, 15) is 34.2 Å². The van der Waals surface area contributed by atoms with Crippen LogP contribution in [0.25, 0.3) is 0 Å². The third-order valence-electron chi connectivity index (χ3n) is 16.2. The van der Waals surface area contributed by atoms with Gasteiger partial charge in [-0.25, -0.2) is 14.4 Å². The molecule has 18 nitrogen and oxygen atoms in total. The van der Waals surface area contributed by atoms with E-state index in [2.05, 4.69) is 60.8 Å². The predicted octanol–water partition coefficient (Wildman–Crippen LogP) is 10.4. The number of para-hydroxylation sites is 1. The van der Waals surface area contributed by atoms with E-state index >= 15 is 9.59 Å². The Labute approximate surface area is 490 Å². The van der Waals surface area contributed by atoms with Crippen molar-refractivity contribution in [2.24, 2.45) is 22.7 Å². The van der Waals surface area contributed by atoms with Crippen molar-refractivity contribution in [2.75, 3.05) is 13.7 Å². The van der Waals surface area contributed by atoms with Gasteiger partial charge >= 0.3 is 35.9 Å². The molecule has 3 fully saturated rings. The van der Waals surface area contributed by atoms with Gasteiger partial charge < -0.3 is 53.4 Å². The Bertz CT molecular complexity index is 2660. The van der Waals surface area contributed by atoms with E-state index in [1.807, 2.05) is 26.0 Å². The Hall–Kier alpha value is -6.37. The maximum Gasteiger partial charge on any atom is 0.408 e. The standard InChI is InChI=1S/C65H91NO17/c1-14-16-17-18-19-20-21-22-23-24-25-26-27-28-29-30-31-36-51(70)80-53(45(37-41(3)4)66-60(74)83-61(7,8)9)59(73)78-47-39-65(75)57(81-58(72)44-34-32-33-35-46(44)76-13)55-63(12,48(68)38-49-64(55,40-77-49)82-43(6)67)56(71)54(79-50(69)15-2)52(42(47)5)62(65,10)11/h16-17,19-20,22-23,25-26,28-29,32-35,41,45,47-49,53-55,57,68,75H,14-15,18,21,24,27,30-31,36-40H2,1-13H3,(H,66,74)/b17-16-,20-19-,23-22-,26-25-,29-28-/t45-,47-,48-,49+,53+,54+,55?,57-,63+,64-,65+/m0/s1. The summed E-state index contributed by atoms with van der Waals surface area (Å²) in [4.78, 5) is 100. The number of ether oxygens (including phenoxy) is 8. The smallest absolute Gasteiger partial charge is 0.408 e. The number of Topliss-reactive ketones (excluding diaryl/α,β-unsaturated/α-hetero) is 1. The molecule has 2 bridgehead atoms. The van der Waals surface area contributed by atoms with Crippen molar-refractivity contribution < 1.29 is 81.7 Å². The molecule has 1 aliphatic heterocycles. The normalized spacial score (nSPS) is 27.5. The quantitative estimate of drug-likeness (QED) is 0.0338. The summed E-state index contributed by atoms with van der Waals surface area (Å²) < 4.78 is 48.5. The molecule has 0 spiro atoms. The molecule has 5 rings (SSSR count). The Balaban J connectivity index is 1.56. The maximum absolute atomic E-state index is 16.0. The number of esters is 5. The summed E-state index contributed by atoms with van der Waals surface area (Å²) in [5, 5.41) is 29.2. The fraction of sp³-hybridized carbons (Fsp3) is 0.615. The highest BCUT2D eigenvalue weighted by molar-refractivity contribution is 5.96. The number of alkyl carbamates (subject to hydrolysis) is 1. The number of carbonyl (C=O) groups excluding carboxylic acids is 7. The number of aliphatic hydroxyl groups is 2. The van der Waals surface area contributed by atoms with E-state index in [0.29, 0.717) is 19.3 Å². The van der Waals surface area contributed by atoms with Crippen LogP contribution in [-0.4, -0.2) is 125 Å². The minimum absolute atomic E-state index is 0.0243. The summed E-state index contributed by atoms with van der Waals surface area (Å²) in [6, 6.07) is 4.92. The number of hydrogen-bond acceptors (Lipinski definition) is 17. The number of allylic oxidation sites excluding steroid dienone is 10. The van der Waals surface area contributed by atoms with Gasteiger partial charge in [-0.1, -0.05) is 114 Å². The van der Waals surface area contributed by atoms with Gasteiger partial charge in [0, 0.05) is 38.0 Å². The molecular weight excluding hydrogens is 1070 g/mol. The number of benzene rings is 1. The van der Waals surface area contributed by atoms with Crippen molar-refractivity contribution >= 4 is 41.7 Å². The van der Waals surface area contributed by atoms with Gasteiger partial charge in [-0.15, -0.1) is 0 Å². The molecule has 1 saturated heterocycles. The largest absolute Gasteiger partial charge is 0.496 e. The summed E-state index contributed by atoms with van der Waals surface area (Å²) in [7, 11) is 1.35. The number of rotatable bonds is 26. The van der Waals surface area contributed by atoms with Crippen LogP contribution in [0, 0.1) is 22.7 Å². The Morgan fingerprint density at radius 3 is 2.00 bits per heavy atom. The first kappa shape index (κ1) is 67.4. The third kappa shape index (κ3) is 16.1. The van der Waals surface area contributed by atoms with Gasteiger partial charge in [-0.2, -0.15) is 0 Å². The number of hydrogen-bond donors (Lipinski definition) is 3. The second-order valence-corrected chi connectivity index (χ2v) is 24.1. The maximum atomic E-state index is 16.0. The highest BCUT2D eigenvalue weighted by Crippen LogP contribution is 2.64. The number of unbranched alkanes of at least 4 members (excludes halogenated alkanes) is 1. The molecular formula is C65H91NO17. The zero-order chi connectivity index (χ0) is 61.5. The van der Waals surface area contributed by atoms with Crippen molar-refractivity contribution in [3.8, 4) is 5.75 Å². The van der Waals surface area contributed by atoms with Crippen LogP contribution in [0.2, 0.25) is 0 Å². The Kier molecular flexibility index (Phi) is 23.9. The summed E-state index contributed by atoms with van der Waals surface area (Å²) in [5.41, 5.74) is -9.11. The number of fused-ring (bicyclic) bond motifs is 5. The van der Waals surface area contributed by atoms with E-state index in [1.54, 1.807) is 53.7 Å². The fourth-order valence-electron chi connectivity index (χ4n) is 12.0. The summed E-state index contributed by atoms with van der Waals surface area (Å²) in [5.74, 6) is -7.20. The van der Waals surface area contributed by atoms with Crippen LogP contribution in [0.1, 0.15) is 170 Å². The minimum atomic E-state index is -2.49. The van der Waals surface area contributed by atoms with Crippen LogP contribution in [-0.2, 0) is 57.1 Å². The molecule has 0 radical (unpaired) electrons. The first-order valence-corrected chi connectivity index (χ1v) is 29.3. The highest BCUT2D eigenvalue weighted by Gasteiger charge is 2.78. The lowest BCUT2D eigenvalue weighted by molar-refractivity contribution is -0.346. The van der Waals surface area contributed by atoms with Gasteiger partial charge in [0.05, 0.1) is 37.2 Å². The molecule has 1 aromatic rings. The van der Waals surface area contributed by atoms with Crippen LogP contribution >= 0.6 is 0 Å². The van der Waals surface area contributed by atoms with Gasteiger partial charge in [0.15, 0.2) is 17.5 Å². The number of nitrogens with one attached hydrogen (secondary N) is 1. The van der Waals surface area contributed by atoms with Crippen molar-refractivity contribution in [1.29, 1.82) is 0 Å². The van der Waals surface area contributed by atoms with Crippen LogP contribution in [0.3, 0.4) is 0 Å². The second-order valence-electron chi connectivity index (χ2n) is 24.1. The SMILES string of the molecule is CC/C=C\C/C=C\C/C=C\C/C=C\C/C=C\CCCC(=O)O[C@@H](C(=O)O[C@H]1C[C@@]2(O)[C@@H](OC(=O)c3ccccc3OC)C3[C@](C)(C(=O)[C@H](OC(=O)CC)C(=C1C)C2(C)C)[C@@H](O)C[C@H]1OC[C@@]31OC(C)=O)[C@H](CC(C)C)NC(=O)OC(C)(C)C. The monoisotopic (exact) mass is 1160 g/mol. The number of ketones is 1. The van der Waals surface area contributed by atoms with Crippen LogP contribution in [0.15, 0.2) is 96.2 Å². The minimum Gasteiger partial charge on any atom is -0.496 e. The van der Waals surface area contributed by atoms with Crippen LogP contribution < -0.4 is 10.1 Å². The molecule has 1 aromatic carbocycles. The number of methoxy groups -OCH3 is 1. The molecule has 1 amide bonds. The highest BCUT2D eigenvalue weighted by atomic mass is 16.6. The lowest BCUT2D eigenvalue weighted by Gasteiger charge is -2.67. The van der Waals surface area contributed by atoms with Gasteiger partial charge in [0.2, 0.25) is 6.10 Å². The zero-order valence-corrected chi connectivity index (χ0v) is 51.0. The summed E-state index contributed by atoms with van der Waals surface area (Å²) >= 11 is 0. The molecule has 458 valence electrons. The Morgan fingerprint density at radius 2 is 1.46 bits per heavy atom. The molecule has 4 aliphatic rings. The van der Waals surface area contributed by atoms with Crippen molar-refractivity contribution in [2.45, 2.75) is 220 Å². The average molecular weight is 1160 g/mol. The summed E-state index contributed by atoms with van der Waals surface area (Å²) in [6.45, 7) is 19.2. The average Bonchev–Trinajstić information content (AvgIpc) is 0.700. The van der Waals surface area contributed by atoms with Gasteiger partial charge in [0.1, 0.15) is 40.8 Å². The lowest BCUT2D eigenvalue weighted by Crippen LogP contribution is -2.82. The van der Waals surface area contributed by atoms with Crippen molar-refractivity contribution in [3.63, 3.8) is 0 Å². The molecule has 11 atom stereocenters. The zero-order valence-electron chi connectivity index (χ0n) is 51.0. The molecule has 2 saturated carbocycles. The van der Waals surface area contributed by atoms with Crippen LogP contribution in [0.4, 0.5) is 4.79 Å². The van der Waals surface area contributed by atoms with E-state index in [-0.39, 0.29) is 60.7 Å². The van der Waals surface area contributed by atoms with E-state index in [0.717, 1.165) is 32.6 Å². The van der Waals surface area contributed by atoms with Crippen LogP contribution in [0.5, 0.6) is 5.75 Å². The van der Waals surface area contributed by atoms with E-state index in [1.165, 1.54) is 33.1 Å². The fourth-order valence-corrected chi connectivity index (χ4v) is 12.0. The van der Waals surface area contributed by atoms with E-state index < -0.39 is 124 Å². The third-order valence-corrected chi connectivity index (χ3v) is 16.2. The molecule has 3 N–H and O–H groups in total. The molecule has 18 heteroatoms. The van der Waals surface area contributed by atoms with Gasteiger partial charge in [-0.3, -0.25) is 19.2 Å². The number of carbonyl (C=O) groups is 7. The first-order valence-electron chi connectivity index (χ1n) is 29.3. The number of amides is 1. The molecule has 83 heavy (non-hydrogen) atoms. The molecule has 0 aromatic heterocycles. The van der Waals surface area contributed by atoms with Crippen molar-refractivity contribution in [3.05, 3.63) is 102 Å². The molecule has 1 heterocycles. The predicted molar refractivity (Wildman–Crippen MR) is 311 cm³/mol. The lowest BCUT2D eigenvalue weighted by atomic mass is 9.44. The molecule has 3 aliphatic carbocycles. The van der Waals surface area contributed by atoms with E-state index in [4.69, 9.17) is 37.9 Å².